The fraction of sp³-hybridized carbons (Fsp3) is 1.00. The van der Waals surface area contributed by atoms with Crippen LogP contribution in [0, 0.1) is 0 Å². The van der Waals surface area contributed by atoms with Crippen LogP contribution in [0.25, 0.3) is 0 Å². The molecular formula is C12H24O6. The molecule has 0 saturated carbocycles. The Balaban J connectivity index is 0.000000135. The number of ether oxygens (including phenoxy) is 4. The summed E-state index contributed by atoms with van der Waals surface area (Å²) in [6, 6.07) is 0. The molecule has 0 spiro atoms. The highest BCUT2D eigenvalue weighted by Gasteiger charge is 1.96. The van der Waals surface area contributed by atoms with Gasteiger partial charge in [0.25, 0.3) is 0 Å². The first-order valence-electron chi connectivity index (χ1n) is 6.55. The van der Waals surface area contributed by atoms with Crippen molar-refractivity contribution in [3.63, 3.8) is 0 Å². The zero-order valence-electron chi connectivity index (χ0n) is 10.9. The van der Waals surface area contributed by atoms with Gasteiger partial charge in [-0.1, -0.05) is 0 Å². The van der Waals surface area contributed by atoms with E-state index in [0.717, 1.165) is 72.1 Å². The van der Waals surface area contributed by atoms with E-state index < -0.39 is 0 Å². The zero-order valence-corrected chi connectivity index (χ0v) is 10.9. The lowest BCUT2D eigenvalue weighted by Crippen LogP contribution is -2.16. The van der Waals surface area contributed by atoms with Gasteiger partial charge >= 0.3 is 0 Å². The van der Waals surface area contributed by atoms with Gasteiger partial charge < -0.3 is 18.9 Å². The van der Waals surface area contributed by atoms with Crippen LogP contribution in [0.4, 0.5) is 0 Å². The molecule has 0 aromatic rings. The topological polar surface area (TPSA) is 55.4 Å². The van der Waals surface area contributed by atoms with Crippen LogP contribution in [0.3, 0.4) is 0 Å². The van der Waals surface area contributed by atoms with Crippen molar-refractivity contribution in [1.29, 1.82) is 0 Å². The highest BCUT2D eigenvalue weighted by Crippen LogP contribution is 1.97. The molecule has 0 unspecified atom stereocenters. The van der Waals surface area contributed by atoms with Crippen molar-refractivity contribution in [2.75, 3.05) is 59.6 Å². The van der Waals surface area contributed by atoms with E-state index in [1.807, 2.05) is 0 Å². The Kier molecular flexibility index (Phi) is 11.6. The summed E-state index contributed by atoms with van der Waals surface area (Å²) in [5, 5.41) is 0. The molecule has 0 N–H and O–H groups in total. The van der Waals surface area contributed by atoms with E-state index in [0.29, 0.717) is 6.79 Å². The molecule has 3 heterocycles. The lowest BCUT2D eigenvalue weighted by molar-refractivity contribution is -0.312. The Morgan fingerprint density at radius 3 is 1.06 bits per heavy atom. The van der Waals surface area contributed by atoms with E-state index in [9.17, 15) is 0 Å². The van der Waals surface area contributed by atoms with Gasteiger partial charge in [0.1, 0.15) is 6.79 Å². The summed E-state index contributed by atoms with van der Waals surface area (Å²) in [7, 11) is 0. The molecular weight excluding hydrogens is 240 g/mol. The molecule has 6 nitrogen and oxygen atoms in total. The highest BCUT2D eigenvalue weighted by atomic mass is 17.2. The molecule has 0 aromatic carbocycles. The van der Waals surface area contributed by atoms with Crippen LogP contribution in [0.2, 0.25) is 0 Å². The van der Waals surface area contributed by atoms with Gasteiger partial charge in [-0.15, -0.1) is 0 Å². The molecule has 3 aliphatic heterocycles. The molecule has 0 aromatic heterocycles. The largest absolute Gasteiger partial charge is 0.377 e. The third kappa shape index (κ3) is 10.9. The minimum atomic E-state index is 0.500. The average molecular weight is 264 g/mol. The van der Waals surface area contributed by atoms with Gasteiger partial charge in [0, 0.05) is 0 Å². The van der Waals surface area contributed by atoms with Crippen molar-refractivity contribution in [1.82, 2.24) is 0 Å². The second-order valence-corrected chi connectivity index (χ2v) is 3.86. The molecule has 0 radical (unpaired) electrons. The van der Waals surface area contributed by atoms with Crippen LogP contribution in [-0.2, 0) is 28.7 Å². The fourth-order valence-electron chi connectivity index (χ4n) is 1.32. The normalized spacial score (nSPS) is 24.0. The monoisotopic (exact) mass is 264 g/mol. The maximum absolute atomic E-state index is 4.94. The van der Waals surface area contributed by atoms with Crippen LogP contribution in [0.1, 0.15) is 19.3 Å². The summed E-state index contributed by atoms with van der Waals surface area (Å²) >= 11 is 0. The van der Waals surface area contributed by atoms with Crippen molar-refractivity contribution in [3.05, 3.63) is 0 Å². The second kappa shape index (κ2) is 13.2. The molecule has 3 rings (SSSR count). The minimum absolute atomic E-state index is 0.500. The Bertz CT molecular complexity index is 91.6. The lowest BCUT2D eigenvalue weighted by Gasteiger charge is -2.09. The van der Waals surface area contributed by atoms with Gasteiger partial charge in [0.15, 0.2) is 0 Å². The van der Waals surface area contributed by atoms with Gasteiger partial charge in [0.2, 0.25) is 0 Å². The Morgan fingerprint density at radius 1 is 0.389 bits per heavy atom. The van der Waals surface area contributed by atoms with Crippen LogP contribution in [-0.4, -0.2) is 59.6 Å². The smallest absolute Gasteiger partial charge is 0.146 e. The Morgan fingerprint density at radius 2 is 0.889 bits per heavy atom. The van der Waals surface area contributed by atoms with E-state index in [1.54, 1.807) is 0 Å². The van der Waals surface area contributed by atoms with E-state index in [-0.39, 0.29) is 0 Å². The highest BCUT2D eigenvalue weighted by molar-refractivity contribution is 4.37. The summed E-state index contributed by atoms with van der Waals surface area (Å²) in [5.74, 6) is 0. The number of hydrogen-bond donors (Lipinski definition) is 0. The zero-order chi connectivity index (χ0) is 12.7. The molecule has 6 heteroatoms. The average Bonchev–Trinajstić information content (AvgIpc) is 2.54. The van der Waals surface area contributed by atoms with Crippen molar-refractivity contribution in [2.24, 2.45) is 0 Å². The molecule has 0 atom stereocenters. The molecule has 3 aliphatic rings. The molecule has 3 saturated heterocycles. The predicted molar refractivity (Wildman–Crippen MR) is 64.2 cm³/mol. The first-order chi connectivity index (χ1) is 9.00. The Hall–Kier alpha value is -0.240. The van der Waals surface area contributed by atoms with Crippen molar-refractivity contribution in [3.8, 4) is 0 Å². The SMILES string of the molecule is C1CCOOC1.C1COCCO1.C1COCOC1. The van der Waals surface area contributed by atoms with E-state index >= 15 is 0 Å². The molecule has 108 valence electrons. The standard InChI is InChI=1S/3C4H8O2/c1-2-6-4-3-5-1;1-2-5-4-6-3-1;1-2-4-6-5-3-1/h3*1-4H2. The van der Waals surface area contributed by atoms with Crippen LogP contribution in [0.5, 0.6) is 0 Å². The van der Waals surface area contributed by atoms with Crippen LogP contribution < -0.4 is 0 Å². The molecule has 18 heavy (non-hydrogen) atoms. The van der Waals surface area contributed by atoms with Gasteiger partial charge in [0.05, 0.1) is 52.9 Å². The van der Waals surface area contributed by atoms with Gasteiger partial charge in [-0.25, -0.2) is 9.78 Å². The third-order valence-electron chi connectivity index (χ3n) is 2.28. The fourth-order valence-corrected chi connectivity index (χ4v) is 1.32. The summed E-state index contributed by atoms with van der Waals surface area (Å²) in [6.45, 7) is 6.92. The van der Waals surface area contributed by atoms with E-state index in [1.165, 1.54) is 0 Å². The van der Waals surface area contributed by atoms with Gasteiger partial charge in [-0.3, -0.25) is 0 Å². The lowest BCUT2D eigenvalue weighted by atomic mass is 10.3. The summed E-state index contributed by atoms with van der Waals surface area (Å²) in [6.07, 6.45) is 3.36. The van der Waals surface area contributed by atoms with Crippen LogP contribution in [0.15, 0.2) is 0 Å². The third-order valence-corrected chi connectivity index (χ3v) is 2.28. The molecule has 0 aliphatic carbocycles. The maximum atomic E-state index is 4.94. The number of rotatable bonds is 0. The van der Waals surface area contributed by atoms with Gasteiger partial charge in [-0.2, -0.15) is 0 Å². The maximum Gasteiger partial charge on any atom is 0.146 e. The summed E-state index contributed by atoms with van der Waals surface area (Å²) in [5.41, 5.74) is 0. The van der Waals surface area contributed by atoms with Gasteiger partial charge in [-0.05, 0) is 19.3 Å². The summed E-state index contributed by atoms with van der Waals surface area (Å²) in [4.78, 5) is 9.14. The first-order valence-corrected chi connectivity index (χ1v) is 6.55. The summed E-state index contributed by atoms with van der Waals surface area (Å²) < 4.78 is 19.6. The molecule has 3 fully saturated rings. The van der Waals surface area contributed by atoms with E-state index in [4.69, 9.17) is 18.9 Å². The minimum Gasteiger partial charge on any atom is -0.377 e. The molecule has 0 amide bonds. The van der Waals surface area contributed by atoms with E-state index in [2.05, 4.69) is 9.78 Å². The van der Waals surface area contributed by atoms with Crippen molar-refractivity contribution >= 4 is 0 Å². The Labute approximate surface area is 108 Å². The van der Waals surface area contributed by atoms with Crippen molar-refractivity contribution in [2.45, 2.75) is 19.3 Å². The first kappa shape index (κ1) is 15.8. The predicted octanol–water partition coefficient (Wildman–Crippen LogP) is 1.14. The number of hydrogen-bond acceptors (Lipinski definition) is 6. The van der Waals surface area contributed by atoms with Crippen molar-refractivity contribution < 1.29 is 28.7 Å². The van der Waals surface area contributed by atoms with Crippen LogP contribution >= 0.6 is 0 Å². The molecule has 0 bridgehead atoms. The second-order valence-electron chi connectivity index (χ2n) is 3.86. The quantitative estimate of drug-likeness (QED) is 0.612.